The van der Waals surface area contributed by atoms with Gasteiger partial charge in [-0.2, -0.15) is 5.10 Å². The van der Waals surface area contributed by atoms with Crippen LogP contribution in [-0.2, 0) is 24.2 Å². The lowest BCUT2D eigenvalue weighted by molar-refractivity contribution is -0.122. The van der Waals surface area contributed by atoms with Gasteiger partial charge in [0.25, 0.3) is 12.3 Å². The van der Waals surface area contributed by atoms with Gasteiger partial charge in [-0.25, -0.2) is 22.0 Å². The number of halogens is 5. The van der Waals surface area contributed by atoms with Gasteiger partial charge in [0.15, 0.2) is 0 Å². The van der Waals surface area contributed by atoms with Gasteiger partial charge in [-0.1, -0.05) is 12.1 Å². The van der Waals surface area contributed by atoms with E-state index in [1.165, 1.54) is 23.0 Å². The molecule has 0 aliphatic heterocycles. The van der Waals surface area contributed by atoms with Gasteiger partial charge >= 0.3 is 0 Å². The van der Waals surface area contributed by atoms with E-state index in [2.05, 4.69) is 15.4 Å². The summed E-state index contributed by atoms with van der Waals surface area (Å²) in [6.45, 7) is -0.354. The zero-order chi connectivity index (χ0) is 29.7. The van der Waals surface area contributed by atoms with Gasteiger partial charge in [-0.15, -0.1) is 0 Å². The smallest absolute Gasteiger partial charge is 0.282 e. The van der Waals surface area contributed by atoms with Crippen LogP contribution in [0.4, 0.5) is 22.0 Å². The van der Waals surface area contributed by atoms with Gasteiger partial charge in [-0.05, 0) is 72.6 Å². The third kappa shape index (κ3) is 5.24. The van der Waals surface area contributed by atoms with Crippen LogP contribution in [0.25, 0.3) is 11.1 Å². The predicted octanol–water partition coefficient (Wildman–Crippen LogP) is 5.16. The van der Waals surface area contributed by atoms with Crippen molar-refractivity contribution in [2.75, 3.05) is 0 Å². The average molecular weight is 582 g/mol. The van der Waals surface area contributed by atoms with Crippen molar-refractivity contribution in [1.82, 2.24) is 20.1 Å². The molecular weight excluding hydrogens is 557 g/mol. The Labute approximate surface area is 236 Å². The SMILES string of the molecule is NC(=O)c1cc(-c2cccnc2[C@H](Cc2cc(F)cc(F)c2)NC(=O)Cn2nc(C(F)F)c3c2CC2C[C@@H]32)ccc1F. The lowest BCUT2D eigenvalue weighted by Crippen LogP contribution is -2.34. The highest BCUT2D eigenvalue weighted by Gasteiger charge is 2.50. The Balaban J connectivity index is 1.35. The first-order valence-corrected chi connectivity index (χ1v) is 13.3. The van der Waals surface area contributed by atoms with Gasteiger partial charge < -0.3 is 11.1 Å². The zero-order valence-corrected chi connectivity index (χ0v) is 22.0. The number of amides is 2. The molecule has 0 radical (unpaired) electrons. The van der Waals surface area contributed by atoms with Gasteiger partial charge in [0.05, 0.1) is 17.3 Å². The Bertz CT molecular complexity index is 1700. The van der Waals surface area contributed by atoms with E-state index in [4.69, 9.17) is 5.73 Å². The second-order valence-corrected chi connectivity index (χ2v) is 10.6. The largest absolute Gasteiger partial charge is 0.366 e. The first-order chi connectivity index (χ1) is 20.1. The second-order valence-electron chi connectivity index (χ2n) is 10.6. The third-order valence-corrected chi connectivity index (χ3v) is 7.78. The summed E-state index contributed by atoms with van der Waals surface area (Å²) in [5, 5.41) is 6.87. The standard InChI is InChI=1S/C30H24F5N5O2/c31-17-6-14(7-18(32)12-17)8-23(27-19(2-1-5-37-27)15-3-4-22(33)21(9-15)30(36)42)38-25(41)13-40-24-11-16-10-20(16)26(24)28(39-40)29(34)35/h1-7,9,12,16,20,23,29H,8,10-11,13H2,(H2,36,42)(H,38,41)/t16?,20-,23+/m1/s1. The number of nitrogens with two attached hydrogens (primary N) is 1. The van der Waals surface area contributed by atoms with Gasteiger partial charge in [-0.3, -0.25) is 19.3 Å². The van der Waals surface area contributed by atoms with Crippen molar-refractivity contribution < 1.29 is 31.5 Å². The highest BCUT2D eigenvalue weighted by molar-refractivity contribution is 5.94. The fraction of sp³-hybridized carbons (Fsp3) is 0.267. The number of nitrogens with zero attached hydrogens (tertiary/aromatic N) is 3. The lowest BCUT2D eigenvalue weighted by Gasteiger charge is -2.22. The van der Waals surface area contributed by atoms with Crippen LogP contribution in [0.1, 0.15) is 63.4 Å². The van der Waals surface area contributed by atoms with Crippen molar-refractivity contribution in [2.45, 2.75) is 44.2 Å². The Morgan fingerprint density at radius 3 is 2.52 bits per heavy atom. The molecule has 1 saturated carbocycles. The first-order valence-electron chi connectivity index (χ1n) is 13.3. The molecule has 6 rings (SSSR count). The summed E-state index contributed by atoms with van der Waals surface area (Å²) in [4.78, 5) is 29.6. The number of carbonyl (C=O) groups excluding carboxylic acids is 2. The number of hydrogen-bond acceptors (Lipinski definition) is 4. The van der Waals surface area contributed by atoms with Crippen LogP contribution in [0.5, 0.6) is 0 Å². The second kappa shape index (κ2) is 10.7. The Morgan fingerprint density at radius 2 is 1.81 bits per heavy atom. The van der Waals surface area contributed by atoms with Crippen LogP contribution in [0, 0.1) is 23.4 Å². The molecule has 12 heteroatoms. The summed E-state index contributed by atoms with van der Waals surface area (Å²) in [6.07, 6.45) is -0.0199. The zero-order valence-electron chi connectivity index (χ0n) is 22.0. The minimum absolute atomic E-state index is 0.0495. The summed E-state index contributed by atoms with van der Waals surface area (Å²) < 4.78 is 71.1. The quantitative estimate of drug-likeness (QED) is 0.267. The Morgan fingerprint density at radius 1 is 1.05 bits per heavy atom. The predicted molar refractivity (Wildman–Crippen MR) is 141 cm³/mol. The van der Waals surface area contributed by atoms with Crippen molar-refractivity contribution in [2.24, 2.45) is 11.7 Å². The summed E-state index contributed by atoms with van der Waals surface area (Å²) in [6, 6.07) is 8.96. The van der Waals surface area contributed by atoms with E-state index in [1.54, 1.807) is 12.1 Å². The Kier molecular flexibility index (Phi) is 6.99. The van der Waals surface area contributed by atoms with E-state index >= 15 is 0 Å². The maximum atomic E-state index is 14.2. The molecule has 0 saturated heterocycles. The van der Waals surface area contributed by atoms with Crippen molar-refractivity contribution in [3.8, 4) is 11.1 Å². The molecule has 7 nitrogen and oxygen atoms in total. The molecule has 2 aromatic carbocycles. The van der Waals surface area contributed by atoms with E-state index in [1.807, 2.05) is 0 Å². The number of primary amides is 1. The number of nitrogens with one attached hydrogen (secondary N) is 1. The number of carbonyl (C=O) groups is 2. The first kappa shape index (κ1) is 27.6. The molecule has 2 heterocycles. The monoisotopic (exact) mass is 581 g/mol. The van der Waals surface area contributed by atoms with Crippen LogP contribution in [0.3, 0.4) is 0 Å². The number of pyridine rings is 1. The molecule has 1 unspecified atom stereocenters. The summed E-state index contributed by atoms with van der Waals surface area (Å²) in [5.41, 5.74) is 7.06. The molecule has 2 amide bonds. The maximum absolute atomic E-state index is 14.2. The maximum Gasteiger partial charge on any atom is 0.282 e. The fourth-order valence-corrected chi connectivity index (χ4v) is 5.90. The molecule has 3 atom stereocenters. The lowest BCUT2D eigenvalue weighted by atomic mass is 9.94. The van der Waals surface area contributed by atoms with E-state index in [-0.39, 0.29) is 47.3 Å². The van der Waals surface area contributed by atoms with Gasteiger partial charge in [0.2, 0.25) is 5.91 Å². The summed E-state index contributed by atoms with van der Waals surface area (Å²) in [5.74, 6) is -3.67. The molecule has 2 aliphatic rings. The van der Waals surface area contributed by atoms with E-state index < -0.39 is 41.7 Å². The fourth-order valence-electron chi connectivity index (χ4n) is 5.90. The molecule has 216 valence electrons. The molecule has 2 aromatic heterocycles. The van der Waals surface area contributed by atoms with E-state index in [9.17, 15) is 31.5 Å². The number of hydrogen-bond donors (Lipinski definition) is 2. The highest BCUT2D eigenvalue weighted by Crippen LogP contribution is 2.58. The third-order valence-electron chi connectivity index (χ3n) is 7.78. The molecule has 4 aromatic rings. The number of fused-ring (bicyclic) bond motifs is 3. The minimum atomic E-state index is -2.77. The van der Waals surface area contributed by atoms with Crippen LogP contribution >= 0.6 is 0 Å². The molecule has 0 spiro atoms. The van der Waals surface area contributed by atoms with Crippen LogP contribution < -0.4 is 11.1 Å². The molecule has 42 heavy (non-hydrogen) atoms. The van der Waals surface area contributed by atoms with Gasteiger partial charge in [0.1, 0.15) is 29.7 Å². The number of alkyl halides is 2. The van der Waals surface area contributed by atoms with E-state index in [0.29, 0.717) is 28.8 Å². The van der Waals surface area contributed by atoms with Crippen molar-refractivity contribution >= 4 is 11.8 Å². The van der Waals surface area contributed by atoms with Crippen molar-refractivity contribution in [1.29, 1.82) is 0 Å². The Hall–Kier alpha value is -4.61. The molecule has 2 aliphatic carbocycles. The number of benzene rings is 2. The molecule has 1 fully saturated rings. The number of aromatic nitrogens is 3. The van der Waals surface area contributed by atoms with E-state index in [0.717, 1.165) is 30.7 Å². The van der Waals surface area contributed by atoms with Gasteiger partial charge in [0, 0.05) is 29.1 Å². The highest BCUT2D eigenvalue weighted by atomic mass is 19.3. The minimum Gasteiger partial charge on any atom is -0.366 e. The molecule has 0 bridgehead atoms. The topological polar surface area (TPSA) is 103 Å². The summed E-state index contributed by atoms with van der Waals surface area (Å²) >= 11 is 0. The van der Waals surface area contributed by atoms with Crippen LogP contribution in [-0.4, -0.2) is 26.6 Å². The van der Waals surface area contributed by atoms with Crippen molar-refractivity contribution in [3.05, 3.63) is 106 Å². The van der Waals surface area contributed by atoms with Crippen LogP contribution in [0.2, 0.25) is 0 Å². The molecule has 3 N–H and O–H groups in total. The summed E-state index contributed by atoms with van der Waals surface area (Å²) in [7, 11) is 0. The normalized spacial score (nSPS) is 17.6. The number of rotatable bonds is 9. The van der Waals surface area contributed by atoms with Crippen molar-refractivity contribution in [3.63, 3.8) is 0 Å². The average Bonchev–Trinajstić information content (AvgIpc) is 3.45. The molecular formula is C30H24F5N5O2. The van der Waals surface area contributed by atoms with Crippen LogP contribution in [0.15, 0.2) is 54.7 Å².